The Hall–Kier alpha value is 0.350. The molecule has 0 fully saturated rings. The van der Waals surface area contributed by atoms with Crippen LogP contribution < -0.4 is 0 Å². The van der Waals surface area contributed by atoms with E-state index >= 15 is 0 Å². The Morgan fingerprint density at radius 3 is 1.91 bits per heavy atom. The van der Waals surface area contributed by atoms with Crippen molar-refractivity contribution in [2.45, 2.75) is 52.2 Å². The fourth-order valence-corrected chi connectivity index (χ4v) is 1.87. The molecule has 68 valence electrons. The van der Waals surface area contributed by atoms with Crippen LogP contribution >= 0.6 is 12.6 Å². The molecule has 0 bridgehead atoms. The first-order valence-electron chi connectivity index (χ1n) is 4.79. The minimum atomic E-state index is 0.613. The van der Waals surface area contributed by atoms with Gasteiger partial charge in [-0.3, -0.25) is 0 Å². The lowest BCUT2D eigenvalue weighted by atomic mass is 9.91. The van der Waals surface area contributed by atoms with Crippen LogP contribution in [0.1, 0.15) is 47.0 Å². The van der Waals surface area contributed by atoms with Gasteiger partial charge in [0.15, 0.2) is 0 Å². The van der Waals surface area contributed by atoms with Crippen molar-refractivity contribution >= 4 is 12.6 Å². The summed E-state index contributed by atoms with van der Waals surface area (Å²) in [5.74, 6) is 1.64. The van der Waals surface area contributed by atoms with E-state index in [0.29, 0.717) is 5.25 Å². The maximum absolute atomic E-state index is 4.58. The Kier molecular flexibility index (Phi) is 6.12. The highest BCUT2D eigenvalue weighted by atomic mass is 32.1. The highest BCUT2D eigenvalue weighted by Gasteiger charge is 2.15. The van der Waals surface area contributed by atoms with Gasteiger partial charge in [0.2, 0.25) is 0 Å². The van der Waals surface area contributed by atoms with Gasteiger partial charge in [-0.1, -0.05) is 34.1 Å². The molecule has 0 rings (SSSR count). The third-order valence-corrected chi connectivity index (χ3v) is 3.05. The Morgan fingerprint density at radius 1 is 1.09 bits per heavy atom. The molecular weight excluding hydrogens is 152 g/mol. The zero-order valence-electron chi connectivity index (χ0n) is 8.30. The molecule has 11 heavy (non-hydrogen) atoms. The number of thiol groups is 1. The SMILES string of the molecule is CCC(S)C(CC)CC(C)C. The summed E-state index contributed by atoms with van der Waals surface area (Å²) in [7, 11) is 0. The van der Waals surface area contributed by atoms with E-state index in [4.69, 9.17) is 0 Å². The van der Waals surface area contributed by atoms with Crippen molar-refractivity contribution < 1.29 is 0 Å². The largest absolute Gasteiger partial charge is 0.176 e. The smallest absolute Gasteiger partial charge is 0.00424 e. The number of hydrogen-bond acceptors (Lipinski definition) is 1. The number of rotatable bonds is 5. The number of hydrogen-bond donors (Lipinski definition) is 1. The van der Waals surface area contributed by atoms with Gasteiger partial charge in [-0.15, -0.1) is 0 Å². The average Bonchev–Trinajstić information content (AvgIpc) is 1.98. The van der Waals surface area contributed by atoms with E-state index in [0.717, 1.165) is 11.8 Å². The highest BCUT2D eigenvalue weighted by molar-refractivity contribution is 7.81. The summed E-state index contributed by atoms with van der Waals surface area (Å²) in [5, 5.41) is 0.613. The van der Waals surface area contributed by atoms with E-state index < -0.39 is 0 Å². The van der Waals surface area contributed by atoms with Gasteiger partial charge in [0, 0.05) is 5.25 Å². The summed E-state index contributed by atoms with van der Waals surface area (Å²) in [6, 6.07) is 0. The molecule has 0 N–H and O–H groups in total. The first-order valence-corrected chi connectivity index (χ1v) is 5.31. The maximum Gasteiger partial charge on any atom is 0.00424 e. The van der Waals surface area contributed by atoms with E-state index in [1.807, 2.05) is 0 Å². The lowest BCUT2D eigenvalue weighted by Crippen LogP contribution is -2.15. The molecule has 0 aliphatic rings. The topological polar surface area (TPSA) is 0 Å². The van der Waals surface area contributed by atoms with Crippen molar-refractivity contribution in [1.82, 2.24) is 0 Å². The molecular formula is C10H22S. The lowest BCUT2D eigenvalue weighted by molar-refractivity contribution is 0.383. The zero-order valence-corrected chi connectivity index (χ0v) is 9.20. The molecule has 0 heterocycles. The van der Waals surface area contributed by atoms with Crippen molar-refractivity contribution in [2.75, 3.05) is 0 Å². The summed E-state index contributed by atoms with van der Waals surface area (Å²) in [4.78, 5) is 0. The summed E-state index contributed by atoms with van der Waals surface area (Å²) in [5.41, 5.74) is 0. The molecule has 0 amide bonds. The second-order valence-electron chi connectivity index (χ2n) is 3.77. The van der Waals surface area contributed by atoms with Crippen LogP contribution in [-0.4, -0.2) is 5.25 Å². The molecule has 0 saturated carbocycles. The molecule has 0 spiro atoms. The fourth-order valence-electron chi connectivity index (χ4n) is 1.53. The quantitative estimate of drug-likeness (QED) is 0.603. The van der Waals surface area contributed by atoms with Gasteiger partial charge >= 0.3 is 0 Å². The Bertz CT molecular complexity index is 88.9. The van der Waals surface area contributed by atoms with Crippen LogP contribution in [0, 0.1) is 11.8 Å². The van der Waals surface area contributed by atoms with Crippen LogP contribution in [0.4, 0.5) is 0 Å². The van der Waals surface area contributed by atoms with Crippen LogP contribution in [-0.2, 0) is 0 Å². The van der Waals surface area contributed by atoms with E-state index in [9.17, 15) is 0 Å². The molecule has 0 aliphatic heterocycles. The standard InChI is InChI=1S/C10H22S/c1-5-9(7-8(3)4)10(11)6-2/h8-11H,5-7H2,1-4H3. The molecule has 0 aromatic rings. The minimum absolute atomic E-state index is 0.613. The van der Waals surface area contributed by atoms with Crippen LogP contribution in [0.2, 0.25) is 0 Å². The first kappa shape index (κ1) is 11.4. The van der Waals surface area contributed by atoms with Gasteiger partial charge in [-0.05, 0) is 24.7 Å². The van der Waals surface area contributed by atoms with Crippen molar-refractivity contribution in [3.05, 3.63) is 0 Å². The van der Waals surface area contributed by atoms with Gasteiger partial charge in [-0.25, -0.2) is 0 Å². The summed E-state index contributed by atoms with van der Waals surface area (Å²) < 4.78 is 0. The maximum atomic E-state index is 4.58. The molecule has 0 aliphatic carbocycles. The molecule has 0 radical (unpaired) electrons. The monoisotopic (exact) mass is 174 g/mol. The molecule has 1 heteroatoms. The summed E-state index contributed by atoms with van der Waals surface area (Å²) >= 11 is 4.58. The molecule has 2 atom stereocenters. The first-order chi connectivity index (χ1) is 5.11. The fraction of sp³-hybridized carbons (Fsp3) is 1.00. The van der Waals surface area contributed by atoms with Crippen LogP contribution in [0.25, 0.3) is 0 Å². The average molecular weight is 174 g/mol. The van der Waals surface area contributed by atoms with Gasteiger partial charge in [0.05, 0.1) is 0 Å². The summed E-state index contributed by atoms with van der Waals surface area (Å²) in [6.45, 7) is 9.07. The Labute approximate surface area is 77.2 Å². The second-order valence-corrected chi connectivity index (χ2v) is 4.44. The summed E-state index contributed by atoms with van der Waals surface area (Å²) in [6.07, 6.45) is 3.81. The lowest BCUT2D eigenvalue weighted by Gasteiger charge is -2.22. The Balaban J connectivity index is 3.74. The predicted molar refractivity (Wildman–Crippen MR) is 56.3 cm³/mol. The normalized spacial score (nSPS) is 16.9. The predicted octanol–water partition coefficient (Wildman–Crippen LogP) is 3.77. The van der Waals surface area contributed by atoms with E-state index in [2.05, 4.69) is 40.3 Å². The van der Waals surface area contributed by atoms with Crippen molar-refractivity contribution in [1.29, 1.82) is 0 Å². The van der Waals surface area contributed by atoms with Crippen LogP contribution in [0.15, 0.2) is 0 Å². The minimum Gasteiger partial charge on any atom is -0.176 e. The molecule has 0 aromatic heterocycles. The van der Waals surface area contributed by atoms with Crippen molar-refractivity contribution in [3.63, 3.8) is 0 Å². The van der Waals surface area contributed by atoms with Crippen LogP contribution in [0.5, 0.6) is 0 Å². The third-order valence-electron chi connectivity index (χ3n) is 2.26. The van der Waals surface area contributed by atoms with E-state index in [1.165, 1.54) is 19.3 Å². The molecule has 0 aromatic carbocycles. The van der Waals surface area contributed by atoms with Gasteiger partial charge in [-0.2, -0.15) is 12.6 Å². The van der Waals surface area contributed by atoms with Crippen molar-refractivity contribution in [3.8, 4) is 0 Å². The third kappa shape index (κ3) is 4.73. The molecule has 0 nitrogen and oxygen atoms in total. The van der Waals surface area contributed by atoms with E-state index in [1.54, 1.807) is 0 Å². The Morgan fingerprint density at radius 2 is 1.64 bits per heavy atom. The van der Waals surface area contributed by atoms with Gasteiger partial charge in [0.1, 0.15) is 0 Å². The molecule has 0 saturated heterocycles. The molecule has 2 unspecified atom stereocenters. The zero-order chi connectivity index (χ0) is 8.85. The highest BCUT2D eigenvalue weighted by Crippen LogP contribution is 2.24. The van der Waals surface area contributed by atoms with Crippen molar-refractivity contribution in [2.24, 2.45) is 11.8 Å². The van der Waals surface area contributed by atoms with Gasteiger partial charge < -0.3 is 0 Å². The second kappa shape index (κ2) is 5.93. The van der Waals surface area contributed by atoms with Gasteiger partial charge in [0.25, 0.3) is 0 Å². The van der Waals surface area contributed by atoms with E-state index in [-0.39, 0.29) is 0 Å². The van der Waals surface area contributed by atoms with Crippen LogP contribution in [0.3, 0.4) is 0 Å².